The van der Waals surface area contributed by atoms with Crippen molar-refractivity contribution in [3.05, 3.63) is 54.0 Å². The number of nitrogens with zero attached hydrogens (tertiary/aromatic N) is 5. The number of nitrogens with one attached hydrogen (secondary N) is 3. The zero-order chi connectivity index (χ0) is 21.8. The minimum Gasteiger partial charge on any atom is -0.386 e. The lowest BCUT2D eigenvalue weighted by Crippen LogP contribution is -2.27. The third-order valence-corrected chi connectivity index (χ3v) is 5.49. The monoisotopic (exact) mass is 416 g/mol. The molecule has 0 aromatic carbocycles. The summed E-state index contributed by atoms with van der Waals surface area (Å²) in [6.07, 6.45) is 7.93. The molecule has 3 N–H and O–H groups in total. The summed E-state index contributed by atoms with van der Waals surface area (Å²) in [5.74, 6) is 1.71. The van der Waals surface area contributed by atoms with E-state index in [-0.39, 0.29) is 0 Å². The van der Waals surface area contributed by atoms with Crippen molar-refractivity contribution in [2.75, 3.05) is 25.5 Å². The van der Waals surface area contributed by atoms with Crippen molar-refractivity contribution in [2.24, 2.45) is 0 Å². The largest absolute Gasteiger partial charge is 0.386 e. The molecule has 0 bridgehead atoms. The van der Waals surface area contributed by atoms with Crippen LogP contribution in [-0.2, 0) is 0 Å². The van der Waals surface area contributed by atoms with Gasteiger partial charge in [-0.25, -0.2) is 4.98 Å². The van der Waals surface area contributed by atoms with E-state index < -0.39 is 0 Å². The summed E-state index contributed by atoms with van der Waals surface area (Å²) in [4.78, 5) is 11.5. The highest BCUT2D eigenvalue weighted by Gasteiger charge is 2.18. The number of hydrogen-bond acceptors (Lipinski definition) is 8. The number of aromatic nitrogens is 4. The van der Waals surface area contributed by atoms with Gasteiger partial charge in [-0.2, -0.15) is 5.10 Å². The molecule has 1 fully saturated rings. The first-order chi connectivity index (χ1) is 15.0. The van der Waals surface area contributed by atoms with Crippen molar-refractivity contribution < 1.29 is 0 Å². The van der Waals surface area contributed by atoms with Crippen molar-refractivity contribution in [2.45, 2.75) is 32.2 Å². The summed E-state index contributed by atoms with van der Waals surface area (Å²) in [5.41, 5.74) is 4.30. The fourth-order valence-electron chi connectivity index (χ4n) is 3.61. The maximum atomic E-state index is 7.85. The summed E-state index contributed by atoms with van der Waals surface area (Å²) in [7, 11) is 2.12. The number of fused-ring (bicyclic) bond motifs is 1. The van der Waals surface area contributed by atoms with Gasteiger partial charge in [0.05, 0.1) is 17.2 Å². The first-order valence-electron chi connectivity index (χ1n) is 10.5. The fourth-order valence-corrected chi connectivity index (χ4v) is 3.61. The van der Waals surface area contributed by atoms with Gasteiger partial charge in [0, 0.05) is 42.3 Å². The fraction of sp³-hybridized carbons (Fsp3) is 0.348. The summed E-state index contributed by atoms with van der Waals surface area (Å²) >= 11 is 0. The van der Waals surface area contributed by atoms with Crippen LogP contribution in [0.15, 0.2) is 42.9 Å². The summed E-state index contributed by atoms with van der Waals surface area (Å²) in [6, 6.07) is 8.16. The predicted molar refractivity (Wildman–Crippen MR) is 125 cm³/mol. The molecule has 0 unspecified atom stereocenters. The Balaban J connectivity index is 1.56. The molecule has 3 aromatic heterocycles. The van der Waals surface area contributed by atoms with E-state index in [1.165, 1.54) is 6.21 Å². The van der Waals surface area contributed by atoms with E-state index in [1.54, 1.807) is 12.4 Å². The van der Waals surface area contributed by atoms with Crippen LogP contribution in [-0.4, -0.2) is 57.5 Å². The van der Waals surface area contributed by atoms with E-state index in [0.29, 0.717) is 23.6 Å². The van der Waals surface area contributed by atoms with Crippen molar-refractivity contribution >= 4 is 34.5 Å². The van der Waals surface area contributed by atoms with Crippen LogP contribution in [0.3, 0.4) is 0 Å². The minimum absolute atomic E-state index is 0.372. The molecule has 1 saturated heterocycles. The molecule has 1 aliphatic heterocycles. The predicted octanol–water partition coefficient (Wildman–Crippen LogP) is 3.57. The van der Waals surface area contributed by atoms with Gasteiger partial charge < -0.3 is 20.9 Å². The number of hydrogen-bond donors (Lipinski definition) is 3. The molecular weight excluding hydrogens is 388 g/mol. The summed E-state index contributed by atoms with van der Waals surface area (Å²) in [5, 5.41) is 22.7. The van der Waals surface area contributed by atoms with Gasteiger partial charge >= 0.3 is 0 Å². The SMILES string of the molecule is CC(C)c1cnnc(Nc2ccc3ncc(/C(C=N)=C/N[C@H]4CCN(C)C4)cc3n2)c1. The second kappa shape index (κ2) is 9.18. The summed E-state index contributed by atoms with van der Waals surface area (Å²) < 4.78 is 0. The van der Waals surface area contributed by atoms with E-state index in [4.69, 9.17) is 10.4 Å². The Morgan fingerprint density at radius 1 is 1.19 bits per heavy atom. The number of likely N-dealkylation sites (N-methyl/N-ethyl adjacent to an activating group) is 1. The molecule has 4 heterocycles. The molecule has 0 aliphatic carbocycles. The number of anilines is 2. The van der Waals surface area contributed by atoms with Crippen LogP contribution >= 0.6 is 0 Å². The Labute approximate surface area is 182 Å². The molecule has 0 amide bonds. The van der Waals surface area contributed by atoms with Crippen LogP contribution in [0.1, 0.15) is 37.3 Å². The van der Waals surface area contributed by atoms with Gasteiger partial charge in [0.2, 0.25) is 0 Å². The van der Waals surface area contributed by atoms with Crippen LogP contribution in [0.4, 0.5) is 11.6 Å². The average molecular weight is 417 g/mol. The Morgan fingerprint density at radius 3 is 2.81 bits per heavy atom. The maximum Gasteiger partial charge on any atom is 0.154 e. The Kier molecular flexibility index (Phi) is 6.18. The minimum atomic E-state index is 0.372. The van der Waals surface area contributed by atoms with Crippen molar-refractivity contribution in [1.29, 1.82) is 5.41 Å². The van der Waals surface area contributed by atoms with Crippen molar-refractivity contribution in [1.82, 2.24) is 30.4 Å². The van der Waals surface area contributed by atoms with E-state index in [1.807, 2.05) is 30.5 Å². The zero-order valence-electron chi connectivity index (χ0n) is 18.1. The van der Waals surface area contributed by atoms with Gasteiger partial charge in [0.25, 0.3) is 0 Å². The molecule has 3 aromatic rings. The van der Waals surface area contributed by atoms with Gasteiger partial charge in [-0.05, 0) is 55.8 Å². The highest BCUT2D eigenvalue weighted by atomic mass is 15.2. The quantitative estimate of drug-likeness (QED) is 0.506. The molecule has 0 radical (unpaired) electrons. The number of rotatable bonds is 7. The van der Waals surface area contributed by atoms with Crippen molar-refractivity contribution in [3.8, 4) is 0 Å². The molecule has 4 rings (SSSR count). The smallest absolute Gasteiger partial charge is 0.154 e. The Morgan fingerprint density at radius 2 is 2.06 bits per heavy atom. The van der Waals surface area contributed by atoms with E-state index >= 15 is 0 Å². The van der Waals surface area contributed by atoms with Gasteiger partial charge in [0.15, 0.2) is 5.82 Å². The highest BCUT2D eigenvalue weighted by molar-refractivity contribution is 6.08. The van der Waals surface area contributed by atoms with E-state index in [0.717, 1.165) is 47.2 Å². The van der Waals surface area contributed by atoms with Gasteiger partial charge in [0.1, 0.15) is 5.82 Å². The topological polar surface area (TPSA) is 103 Å². The van der Waals surface area contributed by atoms with Crippen LogP contribution in [0.2, 0.25) is 0 Å². The zero-order valence-corrected chi connectivity index (χ0v) is 18.1. The maximum absolute atomic E-state index is 7.85. The van der Waals surface area contributed by atoms with Crippen LogP contribution in [0, 0.1) is 5.41 Å². The molecule has 1 aliphatic rings. The lowest BCUT2D eigenvalue weighted by molar-refractivity contribution is 0.405. The van der Waals surface area contributed by atoms with Crippen molar-refractivity contribution in [3.63, 3.8) is 0 Å². The van der Waals surface area contributed by atoms with E-state index in [9.17, 15) is 0 Å². The third-order valence-electron chi connectivity index (χ3n) is 5.49. The van der Waals surface area contributed by atoms with Gasteiger partial charge in [-0.3, -0.25) is 4.98 Å². The number of pyridine rings is 2. The normalized spacial score (nSPS) is 17.3. The Hall–Kier alpha value is -3.39. The second-order valence-corrected chi connectivity index (χ2v) is 8.27. The highest BCUT2D eigenvalue weighted by Crippen LogP contribution is 2.22. The van der Waals surface area contributed by atoms with Crippen LogP contribution in [0.25, 0.3) is 16.6 Å². The molecule has 1 atom stereocenters. The van der Waals surface area contributed by atoms with Crippen LogP contribution < -0.4 is 10.6 Å². The number of likely N-dealkylation sites (tertiary alicyclic amines) is 1. The molecular formula is C23H28N8. The molecule has 0 spiro atoms. The first kappa shape index (κ1) is 20.9. The summed E-state index contributed by atoms with van der Waals surface area (Å²) in [6.45, 7) is 6.34. The van der Waals surface area contributed by atoms with Crippen LogP contribution in [0.5, 0.6) is 0 Å². The average Bonchev–Trinajstić information content (AvgIpc) is 3.19. The molecule has 0 saturated carbocycles. The van der Waals surface area contributed by atoms with Gasteiger partial charge in [-0.15, -0.1) is 5.10 Å². The third kappa shape index (κ3) is 5.03. The Bertz CT molecular complexity index is 1110. The second-order valence-electron chi connectivity index (χ2n) is 8.27. The molecule has 8 heteroatoms. The van der Waals surface area contributed by atoms with Gasteiger partial charge in [-0.1, -0.05) is 13.8 Å². The lowest BCUT2D eigenvalue weighted by Gasteiger charge is -2.12. The molecule has 31 heavy (non-hydrogen) atoms. The molecule has 8 nitrogen and oxygen atoms in total. The molecule has 160 valence electrons. The lowest BCUT2D eigenvalue weighted by atomic mass is 10.1. The number of allylic oxidation sites excluding steroid dienone is 1. The standard InChI is InChI=1S/C23H28N8/c1-15(2)16-9-23(30-27-13-16)29-22-5-4-20-21(28-22)8-17(11-26-20)18(10-24)12-25-19-6-7-31(3)14-19/h4-5,8-13,15,19,24-25H,6-7,14H2,1-3H3,(H,28,29,30)/b18-12+,24-10?/t19-/m0/s1. The van der Waals surface area contributed by atoms with E-state index in [2.05, 4.69) is 51.6 Å². The first-order valence-corrected chi connectivity index (χ1v) is 10.5.